The van der Waals surface area contributed by atoms with Crippen molar-refractivity contribution in [3.05, 3.63) is 65.9 Å². The Kier molecular flexibility index (Phi) is 5.09. The van der Waals surface area contributed by atoms with Gasteiger partial charge in [0, 0.05) is 29.7 Å². The van der Waals surface area contributed by atoms with Gasteiger partial charge in [0.05, 0.1) is 7.11 Å². The van der Waals surface area contributed by atoms with Gasteiger partial charge in [-0.3, -0.25) is 4.79 Å². The van der Waals surface area contributed by atoms with Gasteiger partial charge in [-0.2, -0.15) is 0 Å². The van der Waals surface area contributed by atoms with Crippen LogP contribution in [0, 0.1) is 0 Å². The number of fused-ring (bicyclic) bond motifs is 1. The number of hydrazine groups is 1. The quantitative estimate of drug-likeness (QED) is 0.542. The minimum atomic E-state index is -0.246. The summed E-state index contributed by atoms with van der Waals surface area (Å²) in [6.45, 7) is 0.614. The standard InChI is InChI=1S/C21H24N4O2/c1-27-16-6-4-5-14(11-16)19-12-20(25-24-19)21(26)22-10-9-15-13-23-18-8-3-2-7-17(15)18/h2-8,11,13,19-20,23-25H,9-10,12H2,1H3,(H,22,26). The Balaban J connectivity index is 1.30. The van der Waals surface area contributed by atoms with Crippen molar-refractivity contribution in [2.45, 2.75) is 24.9 Å². The molecular formula is C21H24N4O2. The van der Waals surface area contributed by atoms with Gasteiger partial charge in [-0.25, -0.2) is 10.9 Å². The van der Waals surface area contributed by atoms with Gasteiger partial charge in [0.25, 0.3) is 0 Å². The highest BCUT2D eigenvalue weighted by Crippen LogP contribution is 2.25. The summed E-state index contributed by atoms with van der Waals surface area (Å²) in [7, 11) is 1.66. The molecule has 0 aliphatic carbocycles. The molecule has 6 heteroatoms. The fraction of sp³-hybridized carbons (Fsp3) is 0.286. The van der Waals surface area contributed by atoms with Crippen LogP contribution in [0.4, 0.5) is 0 Å². The van der Waals surface area contributed by atoms with Crippen molar-refractivity contribution in [2.24, 2.45) is 0 Å². The van der Waals surface area contributed by atoms with Crippen molar-refractivity contribution in [1.29, 1.82) is 0 Å². The zero-order chi connectivity index (χ0) is 18.6. The first-order valence-electron chi connectivity index (χ1n) is 9.22. The summed E-state index contributed by atoms with van der Waals surface area (Å²) >= 11 is 0. The zero-order valence-electron chi connectivity index (χ0n) is 15.3. The average Bonchev–Trinajstić information content (AvgIpc) is 3.36. The fourth-order valence-corrected chi connectivity index (χ4v) is 3.59. The Bertz CT molecular complexity index is 937. The molecule has 4 rings (SSSR count). The number of amides is 1. The number of hydrogen-bond acceptors (Lipinski definition) is 4. The van der Waals surface area contributed by atoms with Crippen molar-refractivity contribution >= 4 is 16.8 Å². The second-order valence-electron chi connectivity index (χ2n) is 6.81. The molecule has 1 amide bonds. The number of rotatable bonds is 6. The summed E-state index contributed by atoms with van der Waals surface area (Å²) in [5.74, 6) is 0.841. The third-order valence-corrected chi connectivity index (χ3v) is 5.08. The summed E-state index contributed by atoms with van der Waals surface area (Å²) < 4.78 is 5.28. The van der Waals surface area contributed by atoms with Crippen LogP contribution in [0.3, 0.4) is 0 Å². The molecule has 0 spiro atoms. The Morgan fingerprint density at radius 2 is 2.07 bits per heavy atom. The predicted molar refractivity (Wildman–Crippen MR) is 105 cm³/mol. The minimum Gasteiger partial charge on any atom is -0.497 e. The summed E-state index contributed by atoms with van der Waals surface area (Å²) in [5.41, 5.74) is 9.77. The van der Waals surface area contributed by atoms with Crippen LogP contribution in [-0.4, -0.2) is 30.6 Å². The molecule has 140 valence electrons. The molecule has 4 N–H and O–H groups in total. The lowest BCUT2D eigenvalue weighted by molar-refractivity contribution is -0.122. The van der Waals surface area contributed by atoms with Crippen LogP contribution in [0.2, 0.25) is 0 Å². The van der Waals surface area contributed by atoms with Gasteiger partial charge in [-0.15, -0.1) is 0 Å². The van der Waals surface area contributed by atoms with Gasteiger partial charge in [0.1, 0.15) is 11.8 Å². The average molecular weight is 364 g/mol. The molecule has 0 bridgehead atoms. The Morgan fingerprint density at radius 1 is 1.19 bits per heavy atom. The SMILES string of the molecule is COc1cccc(C2CC(C(=O)NCCc3c[nH]c4ccccc34)NN2)c1. The van der Waals surface area contributed by atoms with E-state index in [2.05, 4.69) is 33.3 Å². The molecule has 2 unspecified atom stereocenters. The van der Waals surface area contributed by atoms with E-state index in [1.807, 2.05) is 42.6 Å². The predicted octanol–water partition coefficient (Wildman–Crippen LogP) is 2.44. The van der Waals surface area contributed by atoms with E-state index >= 15 is 0 Å². The number of ether oxygens (including phenoxy) is 1. The highest BCUT2D eigenvalue weighted by atomic mass is 16.5. The summed E-state index contributed by atoms with van der Waals surface area (Å²) in [6.07, 6.45) is 3.52. The van der Waals surface area contributed by atoms with E-state index in [1.54, 1.807) is 7.11 Å². The van der Waals surface area contributed by atoms with Crippen molar-refractivity contribution in [3.63, 3.8) is 0 Å². The van der Waals surface area contributed by atoms with Crippen LogP contribution in [-0.2, 0) is 11.2 Å². The monoisotopic (exact) mass is 364 g/mol. The third-order valence-electron chi connectivity index (χ3n) is 5.08. The van der Waals surface area contributed by atoms with Crippen molar-refractivity contribution in [3.8, 4) is 5.75 Å². The third kappa shape index (κ3) is 3.82. The van der Waals surface area contributed by atoms with E-state index in [4.69, 9.17) is 4.74 Å². The molecule has 2 atom stereocenters. The first-order valence-corrected chi connectivity index (χ1v) is 9.22. The van der Waals surface area contributed by atoms with E-state index in [9.17, 15) is 4.79 Å². The number of aromatic nitrogens is 1. The lowest BCUT2D eigenvalue weighted by Crippen LogP contribution is -2.43. The minimum absolute atomic E-state index is 0.0211. The molecule has 1 aromatic heterocycles. The van der Waals surface area contributed by atoms with Gasteiger partial charge in [-0.05, 0) is 42.2 Å². The van der Waals surface area contributed by atoms with Crippen molar-refractivity contribution < 1.29 is 9.53 Å². The molecule has 1 aliphatic rings. The topological polar surface area (TPSA) is 78.2 Å². The normalized spacial score (nSPS) is 19.3. The van der Waals surface area contributed by atoms with Crippen LogP contribution >= 0.6 is 0 Å². The Labute approximate surface area is 158 Å². The van der Waals surface area contributed by atoms with Crippen LogP contribution in [0.5, 0.6) is 5.75 Å². The van der Waals surface area contributed by atoms with Crippen LogP contribution in [0.1, 0.15) is 23.6 Å². The van der Waals surface area contributed by atoms with Crippen molar-refractivity contribution in [1.82, 2.24) is 21.2 Å². The van der Waals surface area contributed by atoms with Gasteiger partial charge >= 0.3 is 0 Å². The number of carbonyl (C=O) groups is 1. The number of para-hydroxylation sites is 1. The number of hydrogen-bond donors (Lipinski definition) is 4. The van der Waals surface area contributed by atoms with E-state index in [-0.39, 0.29) is 18.0 Å². The van der Waals surface area contributed by atoms with E-state index in [0.29, 0.717) is 13.0 Å². The number of nitrogens with one attached hydrogen (secondary N) is 4. The molecule has 1 saturated heterocycles. The van der Waals surface area contributed by atoms with Crippen LogP contribution < -0.4 is 20.9 Å². The van der Waals surface area contributed by atoms with E-state index in [0.717, 1.165) is 23.3 Å². The molecule has 27 heavy (non-hydrogen) atoms. The smallest absolute Gasteiger partial charge is 0.238 e. The zero-order valence-corrected chi connectivity index (χ0v) is 15.3. The van der Waals surface area contributed by atoms with Crippen LogP contribution in [0.25, 0.3) is 10.9 Å². The summed E-state index contributed by atoms with van der Waals surface area (Å²) in [6, 6.07) is 16.0. The van der Waals surface area contributed by atoms with Gasteiger partial charge in [0.2, 0.25) is 5.91 Å². The molecule has 1 fully saturated rings. The Morgan fingerprint density at radius 3 is 2.96 bits per heavy atom. The highest BCUT2D eigenvalue weighted by Gasteiger charge is 2.30. The van der Waals surface area contributed by atoms with Gasteiger partial charge in [0.15, 0.2) is 0 Å². The Hall–Kier alpha value is -2.83. The molecule has 0 saturated carbocycles. The summed E-state index contributed by atoms with van der Waals surface area (Å²) in [4.78, 5) is 15.8. The fourth-order valence-electron chi connectivity index (χ4n) is 3.59. The second kappa shape index (κ2) is 7.82. The van der Waals surface area contributed by atoms with Gasteiger partial charge in [-0.1, -0.05) is 30.3 Å². The summed E-state index contributed by atoms with van der Waals surface area (Å²) in [5, 5.41) is 4.26. The van der Waals surface area contributed by atoms with E-state index in [1.165, 1.54) is 10.9 Å². The van der Waals surface area contributed by atoms with Gasteiger partial charge < -0.3 is 15.0 Å². The molecule has 3 aromatic rings. The molecule has 6 nitrogen and oxygen atoms in total. The molecule has 1 aliphatic heterocycles. The molecule has 0 radical (unpaired) electrons. The number of H-pyrrole nitrogens is 1. The van der Waals surface area contributed by atoms with E-state index < -0.39 is 0 Å². The number of carbonyl (C=O) groups excluding carboxylic acids is 1. The first kappa shape index (κ1) is 17.6. The molecule has 2 heterocycles. The second-order valence-corrected chi connectivity index (χ2v) is 6.81. The maximum atomic E-state index is 12.5. The largest absolute Gasteiger partial charge is 0.497 e. The highest BCUT2D eigenvalue weighted by molar-refractivity contribution is 5.84. The first-order chi connectivity index (χ1) is 13.2. The maximum Gasteiger partial charge on any atom is 0.238 e. The lowest BCUT2D eigenvalue weighted by Gasteiger charge is -2.11. The van der Waals surface area contributed by atoms with Crippen molar-refractivity contribution in [2.75, 3.05) is 13.7 Å². The number of aromatic amines is 1. The lowest BCUT2D eigenvalue weighted by atomic mass is 10.0. The van der Waals surface area contributed by atoms with Crippen LogP contribution in [0.15, 0.2) is 54.7 Å². The number of methoxy groups -OCH3 is 1. The molecule has 2 aromatic carbocycles. The number of benzene rings is 2. The molecular weight excluding hydrogens is 340 g/mol. The maximum absolute atomic E-state index is 12.5.